The fraction of sp³-hybridized carbons (Fsp3) is 1.00. The van der Waals surface area contributed by atoms with Gasteiger partial charge in [0.2, 0.25) is 0 Å². The van der Waals surface area contributed by atoms with Crippen LogP contribution in [0.1, 0.15) is 45.4 Å². The van der Waals surface area contributed by atoms with Gasteiger partial charge in [-0.05, 0) is 19.3 Å². The summed E-state index contributed by atoms with van der Waals surface area (Å²) in [5.74, 6) is 1.34. The van der Waals surface area contributed by atoms with Crippen molar-refractivity contribution in [2.45, 2.75) is 62.8 Å². The second kappa shape index (κ2) is 4.70. The van der Waals surface area contributed by atoms with Gasteiger partial charge in [0.05, 0.1) is 0 Å². The minimum atomic E-state index is 0.822. The molecule has 2 heteroatoms. The van der Waals surface area contributed by atoms with E-state index in [1.165, 1.54) is 44.3 Å². The van der Waals surface area contributed by atoms with E-state index < -0.39 is 0 Å². The molecule has 2 aliphatic rings. The molecule has 2 unspecified atom stereocenters. The van der Waals surface area contributed by atoms with Crippen molar-refractivity contribution < 1.29 is 0 Å². The Morgan fingerprint density at radius 1 is 1.08 bits per heavy atom. The highest BCUT2D eigenvalue weighted by molar-refractivity contribution is 8.00. The maximum Gasteiger partial charge on any atom is 0.0171 e. The van der Waals surface area contributed by atoms with Crippen LogP contribution in [0.15, 0.2) is 0 Å². The van der Waals surface area contributed by atoms with E-state index in [1.807, 2.05) is 0 Å². The van der Waals surface area contributed by atoms with Gasteiger partial charge in [0.1, 0.15) is 0 Å². The Kier molecular flexibility index (Phi) is 3.56. The first-order valence-corrected chi connectivity index (χ1v) is 6.77. The van der Waals surface area contributed by atoms with Crippen LogP contribution in [0.3, 0.4) is 0 Å². The normalized spacial score (nSPS) is 36.7. The van der Waals surface area contributed by atoms with E-state index >= 15 is 0 Å². The van der Waals surface area contributed by atoms with E-state index in [-0.39, 0.29) is 0 Å². The van der Waals surface area contributed by atoms with E-state index in [0.717, 1.165) is 17.3 Å². The summed E-state index contributed by atoms with van der Waals surface area (Å²) in [6.45, 7) is 2.35. The molecular weight excluding hydrogens is 178 g/mol. The molecule has 0 aromatic rings. The Morgan fingerprint density at radius 3 is 2.46 bits per heavy atom. The summed E-state index contributed by atoms with van der Waals surface area (Å²) in [5.41, 5.74) is 0. The molecule has 1 aliphatic heterocycles. The van der Waals surface area contributed by atoms with Crippen LogP contribution in [-0.4, -0.2) is 23.1 Å². The molecule has 1 saturated carbocycles. The third-order valence-corrected chi connectivity index (χ3v) is 4.63. The molecule has 0 amide bonds. The predicted octanol–water partition coefficient (Wildman–Crippen LogP) is 2.80. The molecule has 1 aliphatic carbocycles. The zero-order chi connectivity index (χ0) is 9.10. The SMILES string of the molecule is CC1CC(NC2CCCCC2)CS1. The number of nitrogens with one attached hydrogen (secondary N) is 1. The Morgan fingerprint density at radius 2 is 1.85 bits per heavy atom. The van der Waals surface area contributed by atoms with Gasteiger partial charge >= 0.3 is 0 Å². The van der Waals surface area contributed by atoms with Crippen molar-refractivity contribution in [1.29, 1.82) is 0 Å². The van der Waals surface area contributed by atoms with Crippen molar-refractivity contribution in [2.75, 3.05) is 5.75 Å². The number of thioether (sulfide) groups is 1. The number of hydrogen-bond donors (Lipinski definition) is 1. The predicted molar refractivity (Wildman–Crippen MR) is 60.3 cm³/mol. The molecule has 1 heterocycles. The van der Waals surface area contributed by atoms with Crippen molar-refractivity contribution in [3.63, 3.8) is 0 Å². The molecule has 1 N–H and O–H groups in total. The summed E-state index contributed by atoms with van der Waals surface area (Å²) in [7, 11) is 0. The van der Waals surface area contributed by atoms with Crippen LogP contribution >= 0.6 is 11.8 Å². The van der Waals surface area contributed by atoms with Crippen molar-refractivity contribution in [2.24, 2.45) is 0 Å². The van der Waals surface area contributed by atoms with Crippen molar-refractivity contribution >= 4 is 11.8 Å². The molecular formula is C11H21NS. The lowest BCUT2D eigenvalue weighted by Crippen LogP contribution is -2.39. The standard InChI is InChI=1S/C11H21NS/c1-9-7-11(8-13-9)12-10-5-3-2-4-6-10/h9-12H,2-8H2,1H3. The molecule has 0 aromatic heterocycles. The molecule has 2 atom stereocenters. The Labute approximate surface area is 86.0 Å². The fourth-order valence-electron chi connectivity index (χ4n) is 2.54. The lowest BCUT2D eigenvalue weighted by atomic mass is 9.94. The first-order chi connectivity index (χ1) is 6.34. The van der Waals surface area contributed by atoms with Gasteiger partial charge in [-0.25, -0.2) is 0 Å². The topological polar surface area (TPSA) is 12.0 Å². The number of hydrogen-bond acceptors (Lipinski definition) is 2. The molecule has 0 radical (unpaired) electrons. The second-order valence-electron chi connectivity index (χ2n) is 4.58. The van der Waals surface area contributed by atoms with Crippen LogP contribution in [0.5, 0.6) is 0 Å². The quantitative estimate of drug-likeness (QED) is 0.734. The van der Waals surface area contributed by atoms with E-state index in [4.69, 9.17) is 0 Å². The highest BCUT2D eigenvalue weighted by Crippen LogP contribution is 2.27. The first-order valence-electron chi connectivity index (χ1n) is 5.72. The van der Waals surface area contributed by atoms with Gasteiger partial charge in [0.25, 0.3) is 0 Å². The molecule has 0 aromatic carbocycles. The molecule has 0 spiro atoms. The molecule has 1 saturated heterocycles. The summed E-state index contributed by atoms with van der Waals surface area (Å²) >= 11 is 2.13. The monoisotopic (exact) mass is 199 g/mol. The summed E-state index contributed by atoms with van der Waals surface area (Å²) in [4.78, 5) is 0. The van der Waals surface area contributed by atoms with Crippen molar-refractivity contribution in [1.82, 2.24) is 5.32 Å². The highest BCUT2D eigenvalue weighted by atomic mass is 32.2. The van der Waals surface area contributed by atoms with Crippen molar-refractivity contribution in [3.05, 3.63) is 0 Å². The summed E-state index contributed by atoms with van der Waals surface area (Å²) in [6, 6.07) is 1.67. The third kappa shape index (κ3) is 2.88. The molecule has 13 heavy (non-hydrogen) atoms. The highest BCUT2D eigenvalue weighted by Gasteiger charge is 2.24. The van der Waals surface area contributed by atoms with E-state index in [1.54, 1.807) is 0 Å². The summed E-state index contributed by atoms with van der Waals surface area (Å²) in [5, 5.41) is 4.72. The van der Waals surface area contributed by atoms with Gasteiger partial charge < -0.3 is 5.32 Å². The third-order valence-electron chi connectivity index (χ3n) is 3.27. The zero-order valence-corrected chi connectivity index (χ0v) is 9.41. The average molecular weight is 199 g/mol. The van der Waals surface area contributed by atoms with Crippen LogP contribution in [0.4, 0.5) is 0 Å². The summed E-state index contributed by atoms with van der Waals surface area (Å²) < 4.78 is 0. The maximum absolute atomic E-state index is 3.83. The molecule has 76 valence electrons. The maximum atomic E-state index is 3.83. The van der Waals surface area contributed by atoms with Gasteiger partial charge in [-0.2, -0.15) is 11.8 Å². The van der Waals surface area contributed by atoms with Crippen LogP contribution in [0.25, 0.3) is 0 Å². The minimum absolute atomic E-state index is 0.822. The van der Waals surface area contributed by atoms with E-state index in [9.17, 15) is 0 Å². The Bertz CT molecular complexity index is 151. The van der Waals surface area contributed by atoms with Crippen LogP contribution < -0.4 is 5.32 Å². The van der Waals surface area contributed by atoms with Gasteiger partial charge in [-0.3, -0.25) is 0 Å². The molecule has 2 fully saturated rings. The average Bonchev–Trinajstić information content (AvgIpc) is 2.53. The first kappa shape index (κ1) is 9.85. The van der Waals surface area contributed by atoms with Crippen LogP contribution in [0.2, 0.25) is 0 Å². The summed E-state index contributed by atoms with van der Waals surface area (Å²) in [6.07, 6.45) is 8.61. The lowest BCUT2D eigenvalue weighted by Gasteiger charge is -2.26. The largest absolute Gasteiger partial charge is 0.310 e. The van der Waals surface area contributed by atoms with Crippen molar-refractivity contribution in [3.8, 4) is 0 Å². The number of rotatable bonds is 2. The Balaban J connectivity index is 1.71. The lowest BCUT2D eigenvalue weighted by molar-refractivity contribution is 0.343. The fourth-order valence-corrected chi connectivity index (χ4v) is 3.70. The van der Waals surface area contributed by atoms with Gasteiger partial charge in [0, 0.05) is 23.1 Å². The molecule has 0 bridgehead atoms. The van der Waals surface area contributed by atoms with E-state index in [2.05, 4.69) is 24.0 Å². The van der Waals surface area contributed by atoms with Crippen LogP contribution in [-0.2, 0) is 0 Å². The van der Waals surface area contributed by atoms with Gasteiger partial charge in [0.15, 0.2) is 0 Å². The van der Waals surface area contributed by atoms with Crippen LogP contribution in [0, 0.1) is 0 Å². The second-order valence-corrected chi connectivity index (χ2v) is 6.05. The van der Waals surface area contributed by atoms with E-state index in [0.29, 0.717) is 0 Å². The molecule has 2 rings (SSSR count). The molecule has 1 nitrogen and oxygen atoms in total. The Hall–Kier alpha value is 0.310. The van der Waals surface area contributed by atoms with Gasteiger partial charge in [-0.15, -0.1) is 0 Å². The minimum Gasteiger partial charge on any atom is -0.310 e. The van der Waals surface area contributed by atoms with Gasteiger partial charge in [-0.1, -0.05) is 26.2 Å². The smallest absolute Gasteiger partial charge is 0.0171 e. The zero-order valence-electron chi connectivity index (χ0n) is 8.59.